The lowest BCUT2D eigenvalue weighted by atomic mass is 10.1. The van der Waals surface area contributed by atoms with Gasteiger partial charge in [0.05, 0.1) is 39.9 Å². The lowest BCUT2D eigenvalue weighted by Crippen LogP contribution is -2.45. The standard InChI is InChI=1S/C36H67N2O6P/c1-6-8-10-12-14-16-18-19-20-22-24-26-28-30-36(40)37-34(33-44-45(41,42)43-32-31-38(3,4)5)35(39)29-27-25-23-21-17-15-13-11-9-7-2/h17,19-21,24,26-27,29,34-35,39H,6-16,18,22-23,25,28,30-33H2,1-5H3,(H-,37,40,41,42)/b20-19-,21-17+,26-24-,29-27+. The third-order valence-corrected chi connectivity index (χ3v) is 8.24. The van der Waals surface area contributed by atoms with Crippen LogP contribution in [0, 0.1) is 0 Å². The topological polar surface area (TPSA) is 108 Å². The van der Waals surface area contributed by atoms with E-state index in [0.717, 1.165) is 32.1 Å². The predicted molar refractivity (Wildman–Crippen MR) is 187 cm³/mol. The van der Waals surface area contributed by atoms with Crippen molar-refractivity contribution in [3.8, 4) is 0 Å². The van der Waals surface area contributed by atoms with Gasteiger partial charge in [-0.25, -0.2) is 0 Å². The van der Waals surface area contributed by atoms with Gasteiger partial charge in [-0.3, -0.25) is 9.36 Å². The van der Waals surface area contributed by atoms with Crippen molar-refractivity contribution >= 4 is 13.7 Å². The molecule has 0 bridgehead atoms. The number of allylic oxidation sites excluding steroid dienone is 7. The molecule has 0 heterocycles. The van der Waals surface area contributed by atoms with E-state index in [0.29, 0.717) is 17.4 Å². The molecule has 45 heavy (non-hydrogen) atoms. The highest BCUT2D eigenvalue weighted by molar-refractivity contribution is 7.45. The number of likely N-dealkylation sites (N-methyl/N-ethyl adjacent to an activating group) is 1. The van der Waals surface area contributed by atoms with Crippen LogP contribution in [0.4, 0.5) is 0 Å². The Bertz CT molecular complexity index is 881. The van der Waals surface area contributed by atoms with E-state index in [2.05, 4.69) is 43.5 Å². The molecule has 0 radical (unpaired) electrons. The van der Waals surface area contributed by atoms with E-state index in [4.69, 9.17) is 9.05 Å². The molecule has 1 amide bonds. The Morgan fingerprint density at radius 3 is 1.96 bits per heavy atom. The molecule has 0 aromatic rings. The molecule has 3 unspecified atom stereocenters. The van der Waals surface area contributed by atoms with Crippen LogP contribution >= 0.6 is 7.82 Å². The maximum absolute atomic E-state index is 12.7. The van der Waals surface area contributed by atoms with Crippen molar-refractivity contribution in [3.63, 3.8) is 0 Å². The summed E-state index contributed by atoms with van der Waals surface area (Å²) in [4.78, 5) is 25.0. The molecule has 0 aromatic carbocycles. The number of phosphoric ester groups is 1. The van der Waals surface area contributed by atoms with Crippen LogP contribution in [0.2, 0.25) is 0 Å². The number of carbonyl (C=O) groups excluding carboxylic acids is 1. The minimum Gasteiger partial charge on any atom is -0.756 e. The average Bonchev–Trinajstić information content (AvgIpc) is 2.97. The smallest absolute Gasteiger partial charge is 0.268 e. The third kappa shape index (κ3) is 30.9. The fraction of sp³-hybridized carbons (Fsp3) is 0.750. The predicted octanol–water partition coefficient (Wildman–Crippen LogP) is 7.94. The summed E-state index contributed by atoms with van der Waals surface area (Å²) in [7, 11) is 1.20. The van der Waals surface area contributed by atoms with E-state index >= 15 is 0 Å². The zero-order valence-electron chi connectivity index (χ0n) is 29.3. The number of aliphatic hydroxyl groups excluding tert-OH is 1. The first-order valence-corrected chi connectivity index (χ1v) is 19.0. The molecule has 262 valence electrons. The zero-order valence-corrected chi connectivity index (χ0v) is 30.2. The molecule has 0 rings (SSSR count). The molecule has 0 aliphatic rings. The van der Waals surface area contributed by atoms with Crippen LogP contribution in [-0.4, -0.2) is 68.5 Å². The third-order valence-electron chi connectivity index (χ3n) is 7.27. The summed E-state index contributed by atoms with van der Waals surface area (Å²) in [6.45, 7) is 4.48. The summed E-state index contributed by atoms with van der Waals surface area (Å²) < 4.78 is 22.9. The number of amides is 1. The molecule has 0 aromatic heterocycles. The number of nitrogens with zero attached hydrogens (tertiary/aromatic N) is 1. The highest BCUT2D eigenvalue weighted by Gasteiger charge is 2.23. The summed E-state index contributed by atoms with van der Waals surface area (Å²) in [6.07, 6.45) is 33.2. The second kappa shape index (κ2) is 28.7. The Morgan fingerprint density at radius 2 is 1.31 bits per heavy atom. The second-order valence-corrected chi connectivity index (χ2v) is 14.3. The summed E-state index contributed by atoms with van der Waals surface area (Å²) in [5.74, 6) is -0.281. The van der Waals surface area contributed by atoms with E-state index in [9.17, 15) is 19.4 Å². The number of phosphoric acid groups is 1. The van der Waals surface area contributed by atoms with E-state index in [1.165, 1.54) is 64.2 Å². The van der Waals surface area contributed by atoms with Gasteiger partial charge >= 0.3 is 0 Å². The summed E-state index contributed by atoms with van der Waals surface area (Å²) in [5, 5.41) is 13.5. The maximum Gasteiger partial charge on any atom is 0.268 e. The minimum atomic E-state index is -4.59. The fourth-order valence-corrected chi connectivity index (χ4v) is 5.11. The number of hydrogen-bond acceptors (Lipinski definition) is 6. The fourth-order valence-electron chi connectivity index (χ4n) is 4.39. The number of aliphatic hydroxyl groups is 1. The largest absolute Gasteiger partial charge is 0.756 e. The summed E-state index contributed by atoms with van der Waals surface area (Å²) in [5.41, 5.74) is 0. The molecular weight excluding hydrogens is 587 g/mol. The Balaban J connectivity index is 4.74. The quantitative estimate of drug-likeness (QED) is 0.0353. The van der Waals surface area contributed by atoms with Crippen LogP contribution < -0.4 is 10.2 Å². The summed E-state index contributed by atoms with van der Waals surface area (Å²) >= 11 is 0. The highest BCUT2D eigenvalue weighted by atomic mass is 31.2. The van der Waals surface area contributed by atoms with E-state index in [-0.39, 0.29) is 18.9 Å². The van der Waals surface area contributed by atoms with Crippen LogP contribution in [0.25, 0.3) is 0 Å². The number of nitrogens with one attached hydrogen (secondary N) is 1. The van der Waals surface area contributed by atoms with Gasteiger partial charge in [0.15, 0.2) is 0 Å². The van der Waals surface area contributed by atoms with Crippen LogP contribution in [-0.2, 0) is 18.4 Å². The number of hydrogen-bond donors (Lipinski definition) is 2. The van der Waals surface area contributed by atoms with Gasteiger partial charge in [-0.05, 0) is 51.4 Å². The lowest BCUT2D eigenvalue weighted by molar-refractivity contribution is -0.870. The van der Waals surface area contributed by atoms with Crippen molar-refractivity contribution in [1.29, 1.82) is 0 Å². The van der Waals surface area contributed by atoms with Gasteiger partial charge in [-0.1, -0.05) is 114 Å². The maximum atomic E-state index is 12.7. The highest BCUT2D eigenvalue weighted by Crippen LogP contribution is 2.38. The van der Waals surface area contributed by atoms with Gasteiger partial charge in [0, 0.05) is 6.42 Å². The molecule has 0 aliphatic heterocycles. The first-order valence-electron chi connectivity index (χ1n) is 17.5. The molecule has 0 saturated carbocycles. The van der Waals surface area contributed by atoms with Crippen LogP contribution in [0.5, 0.6) is 0 Å². The monoisotopic (exact) mass is 654 g/mol. The van der Waals surface area contributed by atoms with Crippen molar-refractivity contribution in [2.75, 3.05) is 40.9 Å². The summed E-state index contributed by atoms with van der Waals surface area (Å²) in [6, 6.07) is -0.930. The number of quaternary nitrogens is 1. The van der Waals surface area contributed by atoms with Crippen molar-refractivity contribution in [1.82, 2.24) is 5.32 Å². The molecule has 0 fully saturated rings. The Hall–Kier alpha value is -1.54. The second-order valence-electron chi connectivity index (χ2n) is 12.9. The van der Waals surface area contributed by atoms with Crippen LogP contribution in [0.15, 0.2) is 48.6 Å². The van der Waals surface area contributed by atoms with Gasteiger partial charge in [0.2, 0.25) is 5.91 Å². The molecule has 9 heteroatoms. The van der Waals surface area contributed by atoms with Crippen LogP contribution in [0.1, 0.15) is 123 Å². The number of unbranched alkanes of at least 4 members (excludes halogenated alkanes) is 11. The minimum absolute atomic E-state index is 0.0174. The van der Waals surface area contributed by atoms with Crippen LogP contribution in [0.3, 0.4) is 0 Å². The molecule has 0 aliphatic carbocycles. The molecule has 0 spiro atoms. The average molecular weight is 655 g/mol. The molecule has 2 N–H and O–H groups in total. The lowest BCUT2D eigenvalue weighted by Gasteiger charge is -2.29. The van der Waals surface area contributed by atoms with Crippen molar-refractivity contribution in [2.24, 2.45) is 0 Å². The zero-order chi connectivity index (χ0) is 33.7. The first-order chi connectivity index (χ1) is 21.5. The molecule has 3 atom stereocenters. The van der Waals surface area contributed by atoms with Crippen molar-refractivity contribution in [3.05, 3.63) is 48.6 Å². The Labute approximate surface area is 276 Å². The normalized spacial score (nSPS) is 15.4. The van der Waals surface area contributed by atoms with Gasteiger partial charge in [-0.15, -0.1) is 0 Å². The number of carbonyl (C=O) groups is 1. The molecule has 0 saturated heterocycles. The van der Waals surface area contributed by atoms with Crippen molar-refractivity contribution < 1.29 is 32.9 Å². The van der Waals surface area contributed by atoms with E-state index in [1.807, 2.05) is 39.4 Å². The van der Waals surface area contributed by atoms with Gasteiger partial charge in [0.25, 0.3) is 7.82 Å². The Morgan fingerprint density at radius 1 is 0.778 bits per heavy atom. The molecular formula is C36H67N2O6P. The van der Waals surface area contributed by atoms with E-state index < -0.39 is 26.6 Å². The van der Waals surface area contributed by atoms with Gasteiger partial charge in [0.1, 0.15) is 13.2 Å². The molecule has 8 nitrogen and oxygen atoms in total. The van der Waals surface area contributed by atoms with Gasteiger partial charge < -0.3 is 28.8 Å². The van der Waals surface area contributed by atoms with Gasteiger partial charge in [-0.2, -0.15) is 0 Å². The Kier molecular flexibility index (Phi) is 27.7. The van der Waals surface area contributed by atoms with Crippen molar-refractivity contribution in [2.45, 2.75) is 135 Å². The number of rotatable bonds is 30. The van der Waals surface area contributed by atoms with E-state index in [1.54, 1.807) is 6.08 Å². The SMILES string of the molecule is CCCCCC/C=C/CC/C=C/C(O)C(COP(=O)([O-])OCC[N+](C)(C)C)NC(=O)CC/C=C\C/C=C\CCCCCCCC. The first kappa shape index (κ1) is 43.5.